The van der Waals surface area contributed by atoms with Gasteiger partial charge in [-0.05, 0) is 10.7 Å². The summed E-state index contributed by atoms with van der Waals surface area (Å²) in [6.45, 7) is 7.49. The summed E-state index contributed by atoms with van der Waals surface area (Å²) in [5.41, 5.74) is 0. The highest BCUT2D eigenvalue weighted by Gasteiger charge is 2.20. The third-order valence-corrected chi connectivity index (χ3v) is 3.77. The molecule has 0 aliphatic carbocycles. The molecular weight excluding hydrogens is 169 g/mol. The van der Waals surface area contributed by atoms with Crippen LogP contribution in [0.25, 0.3) is 0 Å². The molecule has 2 unspecified atom stereocenters. The van der Waals surface area contributed by atoms with E-state index in [1.165, 1.54) is 6.92 Å². The Bertz CT molecular complexity index is 150. The van der Waals surface area contributed by atoms with Crippen LogP contribution in [0.15, 0.2) is 0 Å². The van der Waals surface area contributed by atoms with Crippen LogP contribution in [0.3, 0.4) is 0 Å². The van der Waals surface area contributed by atoms with Gasteiger partial charge in [-0.1, -0.05) is 20.8 Å². The van der Waals surface area contributed by atoms with Crippen LogP contribution in [0.4, 0.5) is 0 Å². The van der Waals surface area contributed by atoms with E-state index in [4.69, 9.17) is 0 Å². The summed E-state index contributed by atoms with van der Waals surface area (Å²) in [4.78, 5) is 10.6. The topological polar surface area (TPSA) is 49.3 Å². The maximum Gasteiger partial charge on any atom is 0.394 e. The van der Waals surface area contributed by atoms with Crippen molar-refractivity contribution in [3.8, 4) is 0 Å². The van der Waals surface area contributed by atoms with E-state index < -0.39 is 15.4 Å². The van der Waals surface area contributed by atoms with Gasteiger partial charge in [-0.15, -0.1) is 0 Å². The summed E-state index contributed by atoms with van der Waals surface area (Å²) in [7, 11) is 0. The molecule has 0 rings (SSSR count). The maximum atomic E-state index is 10.6. The van der Waals surface area contributed by atoms with Gasteiger partial charge < -0.3 is 9.41 Å². The van der Waals surface area contributed by atoms with Gasteiger partial charge in [0.15, 0.2) is 5.91 Å². The number of rotatable bonds is 4. The summed E-state index contributed by atoms with van der Waals surface area (Å²) in [5.74, 6) is 0.297. The van der Waals surface area contributed by atoms with E-state index in [2.05, 4.69) is 4.30 Å². The molecule has 2 atom stereocenters. The molecule has 0 fully saturated rings. The number of carbonyl (C=O) groups excluding carboxylic acids is 1. The van der Waals surface area contributed by atoms with Gasteiger partial charge in [0.2, 0.25) is 0 Å². The molecule has 0 radical (unpaired) electrons. The molecule has 0 heterocycles. The first-order chi connectivity index (χ1) is 5.45. The first-order valence-corrected chi connectivity index (χ1v) is 5.90. The van der Waals surface area contributed by atoms with Gasteiger partial charge in [0.05, 0.1) is 0 Å². The molecule has 0 aromatic carbocycles. The standard InChI is InChI=1S/C6H13O.C2H5NO.Al.H/c1-4-6(7)5(2)3;1-2(3)4;;/h4-7H,1-3H3;1H3,(H2,3,4);;/q;;+1;/p-1. The Hall–Kier alpha value is -0.0375. The van der Waals surface area contributed by atoms with Crippen LogP contribution in [-0.2, 0) is 4.79 Å². The predicted octanol–water partition coefficient (Wildman–Crippen LogP) is 0.299. The predicted molar refractivity (Wildman–Crippen MR) is 51.2 cm³/mol. The van der Waals surface area contributed by atoms with Gasteiger partial charge in [0.25, 0.3) is 0 Å². The Balaban J connectivity index is 3.71. The van der Waals surface area contributed by atoms with Gasteiger partial charge in [-0.25, -0.2) is 0 Å². The van der Waals surface area contributed by atoms with E-state index in [0.717, 1.165) is 0 Å². The molecule has 0 aromatic rings. The van der Waals surface area contributed by atoms with Crippen LogP contribution in [0.2, 0.25) is 4.78 Å². The van der Waals surface area contributed by atoms with Crippen molar-refractivity contribution >= 4 is 21.3 Å². The largest absolute Gasteiger partial charge is 0.449 e. The number of hydrogen-bond donors (Lipinski definition) is 2. The molecule has 2 N–H and O–H groups in total. The minimum atomic E-state index is -0.652. The monoisotopic (exact) mass is 187 g/mol. The average Bonchev–Trinajstić information content (AvgIpc) is 1.98. The summed E-state index contributed by atoms with van der Waals surface area (Å²) < 4.78 is 3.08. The molecule has 0 aromatic heterocycles. The van der Waals surface area contributed by atoms with Crippen molar-refractivity contribution in [2.24, 2.45) is 5.92 Å². The van der Waals surface area contributed by atoms with Crippen LogP contribution in [-0.4, -0.2) is 32.6 Å². The van der Waals surface area contributed by atoms with Crippen molar-refractivity contribution in [3.63, 3.8) is 0 Å². The molecule has 0 bridgehead atoms. The quantitative estimate of drug-likeness (QED) is 0.622. The van der Waals surface area contributed by atoms with Gasteiger partial charge in [-0.3, -0.25) is 4.79 Å². The SMILES string of the molecule is CC(=O)[NH][AlH][CH](C)C(O)C(C)C. The summed E-state index contributed by atoms with van der Waals surface area (Å²) in [5, 5.41) is 9.59. The third kappa shape index (κ3) is 4.76. The zero-order valence-corrected chi connectivity index (χ0v) is 9.71. The first kappa shape index (κ1) is 12.0. The lowest BCUT2D eigenvalue weighted by atomic mass is 10.1. The Morgan fingerprint density at radius 3 is 2.25 bits per heavy atom. The molecule has 0 aliphatic heterocycles. The Morgan fingerprint density at radius 2 is 1.92 bits per heavy atom. The number of hydrogen-bond acceptors (Lipinski definition) is 2. The number of nitrogens with one attached hydrogen (secondary N) is 1. The summed E-state index contributed by atoms with van der Waals surface area (Å²) in [6, 6.07) is 0. The summed E-state index contributed by atoms with van der Waals surface area (Å²) >= 11 is -0.652. The smallest absolute Gasteiger partial charge is 0.394 e. The van der Waals surface area contributed by atoms with Gasteiger partial charge >= 0.3 is 15.4 Å². The molecule has 3 nitrogen and oxygen atoms in total. The lowest BCUT2D eigenvalue weighted by Crippen LogP contribution is -2.34. The van der Waals surface area contributed by atoms with Crippen molar-refractivity contribution in [1.29, 1.82) is 0 Å². The molecule has 1 amide bonds. The lowest BCUT2D eigenvalue weighted by molar-refractivity contribution is -0.117. The molecule has 0 saturated heterocycles. The van der Waals surface area contributed by atoms with E-state index in [1.54, 1.807) is 0 Å². The Morgan fingerprint density at radius 1 is 1.42 bits per heavy atom. The highest BCUT2D eigenvalue weighted by molar-refractivity contribution is 6.38. The van der Waals surface area contributed by atoms with Crippen LogP contribution in [0.1, 0.15) is 27.7 Å². The van der Waals surface area contributed by atoms with Gasteiger partial charge in [0, 0.05) is 13.0 Å². The second-order valence-electron chi connectivity index (χ2n) is 3.65. The van der Waals surface area contributed by atoms with E-state index in [9.17, 15) is 9.90 Å². The van der Waals surface area contributed by atoms with Gasteiger partial charge in [-0.2, -0.15) is 0 Å². The van der Waals surface area contributed by atoms with Crippen molar-refractivity contribution in [2.75, 3.05) is 0 Å². The molecule has 0 spiro atoms. The normalized spacial score (nSPS) is 15.5. The van der Waals surface area contributed by atoms with Crippen molar-refractivity contribution in [3.05, 3.63) is 0 Å². The maximum absolute atomic E-state index is 10.6. The van der Waals surface area contributed by atoms with Crippen LogP contribution in [0.5, 0.6) is 0 Å². The van der Waals surface area contributed by atoms with Gasteiger partial charge in [0.1, 0.15) is 0 Å². The zero-order chi connectivity index (χ0) is 9.72. The molecule has 12 heavy (non-hydrogen) atoms. The minimum Gasteiger partial charge on any atom is -0.449 e. The Labute approximate surface area is 80.5 Å². The highest BCUT2D eigenvalue weighted by Crippen LogP contribution is 2.15. The highest BCUT2D eigenvalue weighted by atomic mass is 27.1. The zero-order valence-electron chi connectivity index (χ0n) is 8.29. The fourth-order valence-corrected chi connectivity index (χ4v) is 2.48. The lowest BCUT2D eigenvalue weighted by Gasteiger charge is -2.20. The Kier molecular flexibility index (Phi) is 5.56. The molecule has 4 heteroatoms. The van der Waals surface area contributed by atoms with Crippen molar-refractivity contribution in [1.82, 2.24) is 4.30 Å². The minimum absolute atomic E-state index is 0.0180. The van der Waals surface area contributed by atoms with E-state index in [0.29, 0.717) is 0 Å². The fourth-order valence-electron chi connectivity index (χ4n) is 1.08. The van der Waals surface area contributed by atoms with Crippen molar-refractivity contribution in [2.45, 2.75) is 38.6 Å². The van der Waals surface area contributed by atoms with Crippen LogP contribution < -0.4 is 4.30 Å². The fraction of sp³-hybridized carbons (Fsp3) is 0.875. The number of aliphatic hydroxyl groups is 1. The third-order valence-electron chi connectivity index (χ3n) is 1.94. The number of amides is 1. The van der Waals surface area contributed by atoms with E-state index in [1.807, 2.05) is 20.8 Å². The van der Waals surface area contributed by atoms with Crippen LogP contribution >= 0.6 is 0 Å². The average molecular weight is 187 g/mol. The molecular formula is C8H18AlNO2. The first-order valence-electron chi connectivity index (χ1n) is 4.37. The van der Waals surface area contributed by atoms with E-state index >= 15 is 0 Å². The molecule has 70 valence electrons. The number of aliphatic hydroxyl groups excluding tert-OH is 1. The molecule has 0 aliphatic rings. The second kappa shape index (κ2) is 5.58. The van der Waals surface area contributed by atoms with Crippen molar-refractivity contribution < 1.29 is 9.90 Å². The summed E-state index contributed by atoms with van der Waals surface area (Å²) in [6.07, 6.45) is -0.275. The second-order valence-corrected chi connectivity index (χ2v) is 5.70. The van der Waals surface area contributed by atoms with E-state index in [-0.39, 0.29) is 22.7 Å². The number of carbonyl (C=O) groups is 1. The van der Waals surface area contributed by atoms with Crippen LogP contribution in [0, 0.1) is 5.92 Å². The molecule has 0 saturated carbocycles.